The van der Waals surface area contributed by atoms with Gasteiger partial charge in [-0.2, -0.15) is 0 Å². The summed E-state index contributed by atoms with van der Waals surface area (Å²) in [5.41, 5.74) is 4.20. The Hall–Kier alpha value is -1.81. The van der Waals surface area contributed by atoms with Gasteiger partial charge < -0.3 is 14.6 Å². The van der Waals surface area contributed by atoms with E-state index in [9.17, 15) is 4.79 Å². The Kier molecular flexibility index (Phi) is 5.02. The first-order chi connectivity index (χ1) is 9.99. The maximum absolute atomic E-state index is 12.0. The average Bonchev–Trinajstić information content (AvgIpc) is 2.82. The zero-order valence-electron chi connectivity index (χ0n) is 13.3. The lowest BCUT2D eigenvalue weighted by atomic mass is 10.0. The minimum atomic E-state index is 0.0506. The molecule has 1 heterocycles. The van der Waals surface area contributed by atoms with Crippen LogP contribution in [-0.2, 0) is 11.2 Å². The summed E-state index contributed by atoms with van der Waals surface area (Å²) >= 11 is 0. The van der Waals surface area contributed by atoms with Gasteiger partial charge in [-0.25, -0.2) is 0 Å². The molecular weight excluding hydrogens is 264 g/mol. The zero-order chi connectivity index (χ0) is 15.4. The first-order valence-corrected chi connectivity index (χ1v) is 7.36. The summed E-state index contributed by atoms with van der Waals surface area (Å²) in [5.74, 6) is 0.0506. The second kappa shape index (κ2) is 6.76. The van der Waals surface area contributed by atoms with E-state index >= 15 is 0 Å². The first-order valence-electron chi connectivity index (χ1n) is 7.36. The van der Waals surface area contributed by atoms with E-state index in [0.717, 1.165) is 35.1 Å². The number of furan rings is 1. The van der Waals surface area contributed by atoms with Crippen molar-refractivity contribution in [2.75, 3.05) is 27.2 Å². The molecule has 0 aliphatic rings. The van der Waals surface area contributed by atoms with Gasteiger partial charge in [-0.15, -0.1) is 0 Å². The van der Waals surface area contributed by atoms with Crippen LogP contribution in [0, 0.1) is 13.8 Å². The topological polar surface area (TPSA) is 45.5 Å². The third-order valence-electron chi connectivity index (χ3n) is 3.80. The summed E-state index contributed by atoms with van der Waals surface area (Å²) in [5, 5.41) is 4.00. The molecule has 1 aromatic heterocycles. The summed E-state index contributed by atoms with van der Waals surface area (Å²) in [6.07, 6.45) is 3.04. The van der Waals surface area contributed by atoms with Crippen molar-refractivity contribution in [2.45, 2.75) is 26.7 Å². The summed E-state index contributed by atoms with van der Waals surface area (Å²) in [6.45, 7) is 5.80. The van der Waals surface area contributed by atoms with Gasteiger partial charge in [-0.1, -0.05) is 12.1 Å². The Balaban J connectivity index is 1.97. The van der Waals surface area contributed by atoms with E-state index in [2.05, 4.69) is 23.2 Å². The molecular formula is C17H24N2O2. The molecule has 2 aromatic rings. The minimum absolute atomic E-state index is 0.0506. The number of hydrogen-bond donors (Lipinski definition) is 1. The van der Waals surface area contributed by atoms with Crippen molar-refractivity contribution in [3.8, 4) is 0 Å². The largest absolute Gasteiger partial charge is 0.464 e. The number of fused-ring (bicyclic) bond motifs is 1. The fraction of sp³-hybridized carbons (Fsp3) is 0.471. The van der Waals surface area contributed by atoms with Gasteiger partial charge in [0.15, 0.2) is 0 Å². The number of amides is 1. The van der Waals surface area contributed by atoms with E-state index in [-0.39, 0.29) is 5.91 Å². The lowest BCUT2D eigenvalue weighted by Gasteiger charge is -2.09. The van der Waals surface area contributed by atoms with Crippen LogP contribution in [0.1, 0.15) is 23.1 Å². The van der Waals surface area contributed by atoms with E-state index in [4.69, 9.17) is 4.42 Å². The normalized spacial score (nSPS) is 11.3. The maximum Gasteiger partial charge on any atom is 0.224 e. The van der Waals surface area contributed by atoms with Crippen molar-refractivity contribution in [3.63, 3.8) is 0 Å². The minimum Gasteiger partial charge on any atom is -0.464 e. The summed E-state index contributed by atoms with van der Waals surface area (Å²) in [6, 6.07) is 4.11. The van der Waals surface area contributed by atoms with Crippen LogP contribution in [0.5, 0.6) is 0 Å². The molecule has 0 aliphatic heterocycles. The molecule has 0 saturated carbocycles. The number of hydrogen-bond acceptors (Lipinski definition) is 3. The monoisotopic (exact) mass is 288 g/mol. The molecule has 0 saturated heterocycles. The van der Waals surface area contributed by atoms with Gasteiger partial charge in [0.25, 0.3) is 0 Å². The number of carbonyl (C=O) groups is 1. The Labute approximate surface area is 126 Å². The highest BCUT2D eigenvalue weighted by Gasteiger charge is 2.12. The molecule has 0 unspecified atom stereocenters. The molecule has 2 rings (SSSR count). The molecule has 4 nitrogen and oxygen atoms in total. The Morgan fingerprint density at radius 1 is 1.29 bits per heavy atom. The molecule has 21 heavy (non-hydrogen) atoms. The Morgan fingerprint density at radius 2 is 2.05 bits per heavy atom. The number of nitrogens with zero attached hydrogens (tertiary/aromatic N) is 1. The summed E-state index contributed by atoms with van der Waals surface area (Å²) in [4.78, 5) is 14.1. The zero-order valence-corrected chi connectivity index (χ0v) is 13.3. The number of aryl methyl sites for hydroxylation is 2. The fourth-order valence-corrected chi connectivity index (χ4v) is 2.38. The molecule has 0 radical (unpaired) electrons. The van der Waals surface area contributed by atoms with Crippen molar-refractivity contribution in [1.82, 2.24) is 10.2 Å². The van der Waals surface area contributed by atoms with Crippen molar-refractivity contribution in [1.29, 1.82) is 0 Å². The fourth-order valence-electron chi connectivity index (χ4n) is 2.38. The smallest absolute Gasteiger partial charge is 0.224 e. The first kappa shape index (κ1) is 15.6. The van der Waals surface area contributed by atoms with Gasteiger partial charge in [-0.3, -0.25) is 4.79 Å². The molecule has 0 atom stereocenters. The number of rotatable bonds is 6. The van der Waals surface area contributed by atoms with E-state index in [1.54, 1.807) is 6.26 Å². The molecule has 0 fully saturated rings. The van der Waals surface area contributed by atoms with Crippen LogP contribution < -0.4 is 5.32 Å². The highest BCUT2D eigenvalue weighted by Crippen LogP contribution is 2.26. The highest BCUT2D eigenvalue weighted by atomic mass is 16.3. The quantitative estimate of drug-likeness (QED) is 0.831. The number of carbonyl (C=O) groups excluding carboxylic acids is 1. The molecule has 0 aliphatic carbocycles. The maximum atomic E-state index is 12.0. The van der Waals surface area contributed by atoms with Crippen molar-refractivity contribution < 1.29 is 9.21 Å². The van der Waals surface area contributed by atoms with E-state index in [1.807, 2.05) is 27.1 Å². The number of nitrogens with one attached hydrogen (secondary N) is 1. The van der Waals surface area contributed by atoms with Gasteiger partial charge in [0, 0.05) is 17.5 Å². The van der Waals surface area contributed by atoms with E-state index in [0.29, 0.717) is 13.0 Å². The van der Waals surface area contributed by atoms with E-state index in [1.165, 1.54) is 5.56 Å². The lowest BCUT2D eigenvalue weighted by Crippen LogP contribution is -2.28. The Bertz CT molecular complexity index is 629. The predicted octanol–water partition coefficient (Wildman–Crippen LogP) is 2.66. The third kappa shape index (κ3) is 3.85. The van der Waals surface area contributed by atoms with Gasteiger partial charge >= 0.3 is 0 Å². The van der Waals surface area contributed by atoms with Gasteiger partial charge in [0.05, 0.1) is 12.7 Å². The SMILES string of the molecule is Cc1ccc2c(CC(=O)NCCCN(C)C)coc2c1C. The molecule has 1 N–H and O–H groups in total. The van der Waals surface area contributed by atoms with Crippen LogP contribution in [0.4, 0.5) is 0 Å². The van der Waals surface area contributed by atoms with Crippen molar-refractivity contribution >= 4 is 16.9 Å². The molecule has 4 heteroatoms. The molecule has 114 valence electrons. The van der Waals surface area contributed by atoms with Crippen LogP contribution in [0.3, 0.4) is 0 Å². The molecule has 0 bridgehead atoms. The number of benzene rings is 1. The summed E-state index contributed by atoms with van der Waals surface area (Å²) < 4.78 is 5.63. The summed E-state index contributed by atoms with van der Waals surface area (Å²) in [7, 11) is 4.06. The highest BCUT2D eigenvalue weighted by molar-refractivity contribution is 5.89. The Morgan fingerprint density at radius 3 is 2.76 bits per heavy atom. The standard InChI is InChI=1S/C17H24N2O2/c1-12-6-7-15-14(11-21-17(15)13(12)2)10-16(20)18-8-5-9-19(3)4/h6-7,11H,5,8-10H2,1-4H3,(H,18,20). The second-order valence-electron chi connectivity index (χ2n) is 5.83. The van der Waals surface area contributed by atoms with Gasteiger partial charge in [0.1, 0.15) is 5.58 Å². The molecule has 1 amide bonds. The van der Waals surface area contributed by atoms with Gasteiger partial charge in [0.2, 0.25) is 5.91 Å². The van der Waals surface area contributed by atoms with Crippen molar-refractivity contribution in [2.24, 2.45) is 0 Å². The molecule has 1 aromatic carbocycles. The van der Waals surface area contributed by atoms with Crippen LogP contribution >= 0.6 is 0 Å². The average molecular weight is 288 g/mol. The van der Waals surface area contributed by atoms with Crippen LogP contribution in [-0.4, -0.2) is 38.0 Å². The van der Waals surface area contributed by atoms with Crippen LogP contribution in [0.2, 0.25) is 0 Å². The predicted molar refractivity (Wildman–Crippen MR) is 85.6 cm³/mol. The second-order valence-corrected chi connectivity index (χ2v) is 5.83. The van der Waals surface area contributed by atoms with Crippen molar-refractivity contribution in [3.05, 3.63) is 35.1 Å². The van der Waals surface area contributed by atoms with Gasteiger partial charge in [-0.05, 0) is 52.0 Å². The third-order valence-corrected chi connectivity index (χ3v) is 3.80. The lowest BCUT2D eigenvalue weighted by molar-refractivity contribution is -0.120. The van der Waals surface area contributed by atoms with E-state index < -0.39 is 0 Å². The van der Waals surface area contributed by atoms with Crippen LogP contribution in [0.25, 0.3) is 11.0 Å². The molecule has 0 spiro atoms. The van der Waals surface area contributed by atoms with Crippen LogP contribution in [0.15, 0.2) is 22.8 Å².